The van der Waals surface area contributed by atoms with Crippen LogP contribution in [0.4, 0.5) is 0 Å². The van der Waals surface area contributed by atoms with E-state index in [4.69, 9.17) is 17.0 Å². The van der Waals surface area contributed by atoms with Crippen LogP contribution in [0.2, 0.25) is 0 Å². The summed E-state index contributed by atoms with van der Waals surface area (Å²) in [5.74, 6) is -0.241. The molecule has 3 N–H and O–H groups in total. The molecule has 0 aliphatic carbocycles. The van der Waals surface area contributed by atoms with Crippen molar-refractivity contribution in [2.75, 3.05) is 6.61 Å². The average Bonchev–Trinajstić information content (AvgIpc) is 3.22. The minimum atomic E-state index is -0.432. The zero-order valence-corrected chi connectivity index (χ0v) is 16.3. The van der Waals surface area contributed by atoms with E-state index in [0.29, 0.717) is 5.75 Å². The van der Waals surface area contributed by atoms with Crippen LogP contribution in [-0.4, -0.2) is 23.5 Å². The summed E-state index contributed by atoms with van der Waals surface area (Å²) in [4.78, 5) is 24.6. The summed E-state index contributed by atoms with van der Waals surface area (Å²) in [7, 11) is 0. The SMILES string of the molecule is O=C(C=Cc1cccs1)NC(=S)NNC(=O)COc1ccc2ccccc2c1. The first-order chi connectivity index (χ1) is 13.6. The summed E-state index contributed by atoms with van der Waals surface area (Å²) in [5.41, 5.74) is 4.83. The van der Waals surface area contributed by atoms with Crippen LogP contribution in [0.25, 0.3) is 16.8 Å². The Labute approximate surface area is 171 Å². The van der Waals surface area contributed by atoms with E-state index >= 15 is 0 Å². The second-order valence-electron chi connectivity index (χ2n) is 5.64. The largest absolute Gasteiger partial charge is 0.484 e. The molecule has 1 heterocycles. The van der Waals surface area contributed by atoms with Gasteiger partial charge in [0.1, 0.15) is 5.75 Å². The fourth-order valence-corrected chi connectivity index (χ4v) is 3.07. The molecule has 1 aromatic heterocycles. The molecule has 0 aliphatic heterocycles. The highest BCUT2D eigenvalue weighted by Gasteiger charge is 2.06. The van der Waals surface area contributed by atoms with Crippen molar-refractivity contribution in [3.05, 3.63) is 70.9 Å². The molecule has 2 aromatic carbocycles. The van der Waals surface area contributed by atoms with Gasteiger partial charge in [0, 0.05) is 11.0 Å². The van der Waals surface area contributed by atoms with Gasteiger partial charge in [0.15, 0.2) is 11.7 Å². The number of hydrazine groups is 1. The molecule has 6 nitrogen and oxygen atoms in total. The maximum atomic E-state index is 11.9. The summed E-state index contributed by atoms with van der Waals surface area (Å²) in [6.07, 6.45) is 3.04. The maximum Gasteiger partial charge on any atom is 0.276 e. The molecule has 0 unspecified atom stereocenters. The standard InChI is InChI=1S/C20H17N3O3S2/c24-18(10-9-17-6-3-11-28-17)21-20(27)23-22-19(25)13-26-16-8-7-14-4-1-2-5-15(14)12-16/h1-12H,13H2,(H,22,25)(H2,21,23,24,27). The molecule has 0 aliphatic rings. The van der Waals surface area contributed by atoms with Crippen molar-refractivity contribution >= 4 is 57.3 Å². The second-order valence-corrected chi connectivity index (χ2v) is 7.03. The molecule has 28 heavy (non-hydrogen) atoms. The molecule has 8 heteroatoms. The van der Waals surface area contributed by atoms with Crippen molar-refractivity contribution < 1.29 is 14.3 Å². The van der Waals surface area contributed by atoms with Crippen LogP contribution in [0.5, 0.6) is 5.75 Å². The Morgan fingerprint density at radius 1 is 1.04 bits per heavy atom. The van der Waals surface area contributed by atoms with E-state index in [0.717, 1.165) is 15.6 Å². The number of fused-ring (bicyclic) bond motifs is 1. The van der Waals surface area contributed by atoms with Gasteiger partial charge in [-0.05, 0) is 52.6 Å². The minimum Gasteiger partial charge on any atom is -0.484 e. The van der Waals surface area contributed by atoms with Crippen molar-refractivity contribution in [3.8, 4) is 5.75 Å². The monoisotopic (exact) mass is 411 g/mol. The van der Waals surface area contributed by atoms with Crippen LogP contribution in [0.15, 0.2) is 66.1 Å². The summed E-state index contributed by atoms with van der Waals surface area (Å²) in [6.45, 7) is -0.194. The molecule has 0 radical (unpaired) electrons. The number of thiocarbonyl (C=S) groups is 1. The van der Waals surface area contributed by atoms with E-state index in [2.05, 4.69) is 16.2 Å². The molecule has 0 atom stereocenters. The molecule has 0 saturated heterocycles. The summed E-state index contributed by atoms with van der Waals surface area (Å²) < 4.78 is 5.48. The lowest BCUT2D eigenvalue weighted by atomic mass is 10.1. The molecular formula is C20H17N3O3S2. The van der Waals surface area contributed by atoms with E-state index in [-0.39, 0.29) is 11.7 Å². The van der Waals surface area contributed by atoms with Crippen molar-refractivity contribution in [1.82, 2.24) is 16.2 Å². The topological polar surface area (TPSA) is 79.5 Å². The summed E-state index contributed by atoms with van der Waals surface area (Å²) in [5, 5.41) is 6.46. The van der Waals surface area contributed by atoms with Crippen LogP contribution in [-0.2, 0) is 9.59 Å². The lowest BCUT2D eigenvalue weighted by Crippen LogP contribution is -2.49. The number of nitrogens with one attached hydrogen (secondary N) is 3. The number of rotatable bonds is 5. The molecule has 0 spiro atoms. The first-order valence-electron chi connectivity index (χ1n) is 8.33. The Morgan fingerprint density at radius 3 is 2.64 bits per heavy atom. The van der Waals surface area contributed by atoms with E-state index in [1.54, 1.807) is 12.1 Å². The maximum absolute atomic E-state index is 11.9. The normalized spacial score (nSPS) is 10.6. The van der Waals surface area contributed by atoms with Gasteiger partial charge < -0.3 is 4.74 Å². The van der Waals surface area contributed by atoms with Gasteiger partial charge in [0.05, 0.1) is 0 Å². The van der Waals surface area contributed by atoms with Crippen molar-refractivity contribution in [3.63, 3.8) is 0 Å². The van der Waals surface area contributed by atoms with Crippen LogP contribution < -0.4 is 20.9 Å². The number of hydrogen-bond acceptors (Lipinski definition) is 5. The summed E-state index contributed by atoms with van der Waals surface area (Å²) >= 11 is 6.48. The lowest BCUT2D eigenvalue weighted by molar-refractivity contribution is -0.123. The fraction of sp³-hybridized carbons (Fsp3) is 0.0500. The first-order valence-corrected chi connectivity index (χ1v) is 9.62. The Hall–Kier alpha value is -3.23. The van der Waals surface area contributed by atoms with Crippen LogP contribution >= 0.6 is 23.6 Å². The Bertz CT molecular complexity index is 1020. The van der Waals surface area contributed by atoms with E-state index in [9.17, 15) is 9.59 Å². The van der Waals surface area contributed by atoms with Gasteiger partial charge in [-0.2, -0.15) is 0 Å². The van der Waals surface area contributed by atoms with E-state index < -0.39 is 11.8 Å². The molecule has 3 rings (SSSR count). The molecule has 3 aromatic rings. The number of hydrogen-bond donors (Lipinski definition) is 3. The van der Waals surface area contributed by atoms with Gasteiger partial charge in [0.25, 0.3) is 5.91 Å². The third-order valence-corrected chi connectivity index (χ3v) is 4.63. The van der Waals surface area contributed by atoms with Gasteiger partial charge in [-0.25, -0.2) is 0 Å². The van der Waals surface area contributed by atoms with Gasteiger partial charge in [0.2, 0.25) is 5.91 Å². The lowest BCUT2D eigenvalue weighted by Gasteiger charge is -2.11. The Balaban J connectivity index is 1.39. The van der Waals surface area contributed by atoms with Crippen LogP contribution in [0.3, 0.4) is 0 Å². The smallest absolute Gasteiger partial charge is 0.276 e. The van der Waals surface area contributed by atoms with E-state index in [1.165, 1.54) is 17.4 Å². The predicted molar refractivity (Wildman–Crippen MR) is 115 cm³/mol. The van der Waals surface area contributed by atoms with Crippen molar-refractivity contribution in [2.45, 2.75) is 0 Å². The zero-order valence-electron chi connectivity index (χ0n) is 14.7. The fourth-order valence-electron chi connectivity index (χ4n) is 2.30. The van der Waals surface area contributed by atoms with Gasteiger partial charge >= 0.3 is 0 Å². The minimum absolute atomic E-state index is 0.0140. The Kier molecular flexibility index (Phi) is 6.72. The number of carbonyl (C=O) groups is 2. The Morgan fingerprint density at radius 2 is 1.86 bits per heavy atom. The predicted octanol–water partition coefficient (Wildman–Crippen LogP) is 3.02. The second kappa shape index (κ2) is 9.63. The van der Waals surface area contributed by atoms with Crippen molar-refractivity contribution in [1.29, 1.82) is 0 Å². The molecule has 142 valence electrons. The molecule has 2 amide bonds. The molecule has 0 saturated carbocycles. The highest BCUT2D eigenvalue weighted by atomic mass is 32.1. The summed E-state index contributed by atoms with van der Waals surface area (Å²) in [6, 6.07) is 17.2. The van der Waals surface area contributed by atoms with E-state index in [1.807, 2.05) is 53.9 Å². The van der Waals surface area contributed by atoms with Gasteiger partial charge in [-0.1, -0.05) is 36.4 Å². The zero-order chi connectivity index (χ0) is 19.8. The van der Waals surface area contributed by atoms with Gasteiger partial charge in [-0.3, -0.25) is 25.8 Å². The van der Waals surface area contributed by atoms with Crippen LogP contribution in [0, 0.1) is 0 Å². The number of thiophene rings is 1. The number of ether oxygens (including phenoxy) is 1. The van der Waals surface area contributed by atoms with Crippen LogP contribution in [0.1, 0.15) is 4.88 Å². The highest BCUT2D eigenvalue weighted by Crippen LogP contribution is 2.20. The quantitative estimate of drug-likeness (QED) is 0.342. The third-order valence-electron chi connectivity index (χ3n) is 3.59. The molecular weight excluding hydrogens is 394 g/mol. The van der Waals surface area contributed by atoms with Crippen molar-refractivity contribution in [2.24, 2.45) is 0 Å². The van der Waals surface area contributed by atoms with Gasteiger partial charge in [-0.15, -0.1) is 11.3 Å². The number of carbonyl (C=O) groups excluding carboxylic acids is 2. The third kappa shape index (κ3) is 5.90. The number of amides is 2. The highest BCUT2D eigenvalue weighted by molar-refractivity contribution is 7.80. The first kappa shape index (κ1) is 19.5. The molecule has 0 fully saturated rings. The molecule has 0 bridgehead atoms. The number of benzene rings is 2. The average molecular weight is 412 g/mol.